The molecule has 6 aromatic carbocycles. The van der Waals surface area contributed by atoms with E-state index in [4.69, 9.17) is 0 Å². The molecular formula is C38H32F4O6S2Ti. The predicted molar refractivity (Wildman–Crippen MR) is 182 cm³/mol. The smallest absolute Gasteiger partial charge is 0.440 e. The Morgan fingerprint density at radius 3 is 1.04 bits per heavy atom. The molecule has 0 saturated carbocycles. The van der Waals surface area contributed by atoms with Crippen LogP contribution in [0.25, 0.3) is 0 Å². The van der Waals surface area contributed by atoms with Gasteiger partial charge >= 0.3 is 42.0 Å². The number of halogens is 4. The normalized spacial score (nSPS) is 10.5. The third-order valence-corrected chi connectivity index (χ3v) is 8.83. The summed E-state index contributed by atoms with van der Waals surface area (Å²) < 4.78 is 108. The minimum Gasteiger partial charge on any atom is -0.440 e. The Labute approximate surface area is 311 Å². The van der Waals surface area contributed by atoms with Gasteiger partial charge in [0.15, 0.2) is 0 Å². The molecule has 0 aliphatic heterocycles. The van der Waals surface area contributed by atoms with Crippen LogP contribution in [0.5, 0.6) is 11.5 Å². The molecule has 6 nitrogen and oxygen atoms in total. The van der Waals surface area contributed by atoms with Crippen LogP contribution in [-0.4, -0.2) is 16.8 Å². The third-order valence-electron chi connectivity index (χ3n) is 6.33. The molecule has 264 valence electrons. The van der Waals surface area contributed by atoms with E-state index >= 15 is 0 Å². The summed E-state index contributed by atoms with van der Waals surface area (Å²) in [6.07, 6.45) is 0. The number of hydrogen-bond donors (Lipinski definition) is 0. The Hall–Kier alpha value is -4.49. The second kappa shape index (κ2) is 19.8. The number of rotatable bonds is 6. The number of hydrogen-bond acceptors (Lipinski definition) is 6. The van der Waals surface area contributed by atoms with Crippen molar-refractivity contribution in [2.75, 3.05) is 0 Å². The van der Waals surface area contributed by atoms with Crippen molar-refractivity contribution in [1.82, 2.24) is 0 Å². The molecular weight excluding hydrogens is 740 g/mol. The molecule has 0 saturated heterocycles. The molecule has 13 heteroatoms. The zero-order chi connectivity index (χ0) is 36.9. The van der Waals surface area contributed by atoms with Gasteiger partial charge in [-0.05, 0) is 38.1 Å². The average Bonchev–Trinajstić information content (AvgIpc) is 3.74. The Morgan fingerprint density at radius 1 is 0.510 bits per heavy atom. The number of benzene rings is 4. The summed E-state index contributed by atoms with van der Waals surface area (Å²) in [7, 11) is -8.30. The van der Waals surface area contributed by atoms with Crippen molar-refractivity contribution >= 4 is 20.2 Å². The SMILES string of the molecule is C[c-]1cccc1.C[c-]1cccc1.Cc1ccc(S(=O)(=O)Oc2ccc(F)[c-]c2F)cc1.Cc1ccc(S(=O)(=O)Oc2ccc(F)[c-]c2F)cc1.[Ti+4]. The van der Waals surface area contributed by atoms with E-state index in [-0.39, 0.29) is 31.5 Å². The van der Waals surface area contributed by atoms with E-state index in [1.165, 1.54) is 35.4 Å². The molecule has 51 heavy (non-hydrogen) atoms. The van der Waals surface area contributed by atoms with Crippen molar-refractivity contribution in [3.8, 4) is 11.5 Å². The fourth-order valence-electron chi connectivity index (χ4n) is 3.67. The summed E-state index contributed by atoms with van der Waals surface area (Å²) in [6, 6.07) is 35.1. The van der Waals surface area contributed by atoms with Gasteiger partial charge in [0.25, 0.3) is 0 Å². The van der Waals surface area contributed by atoms with Crippen LogP contribution in [0.1, 0.15) is 22.3 Å². The van der Waals surface area contributed by atoms with Crippen molar-refractivity contribution < 1.29 is 64.5 Å². The third kappa shape index (κ3) is 14.3. The van der Waals surface area contributed by atoms with Crippen LogP contribution >= 0.6 is 0 Å². The molecule has 0 fully saturated rings. The Bertz CT molecular complexity index is 2000. The van der Waals surface area contributed by atoms with Gasteiger partial charge in [0.1, 0.15) is 9.79 Å². The molecule has 0 atom stereocenters. The fourth-order valence-corrected chi connectivity index (χ4v) is 5.53. The maximum Gasteiger partial charge on any atom is 4.00 e. The van der Waals surface area contributed by atoms with Crippen LogP contribution in [0.3, 0.4) is 0 Å². The van der Waals surface area contributed by atoms with Gasteiger partial charge in [0.05, 0.1) is 23.1 Å². The summed E-state index contributed by atoms with van der Waals surface area (Å²) in [5.74, 6) is -5.45. The van der Waals surface area contributed by atoms with Crippen LogP contribution in [0, 0.1) is 63.1 Å². The first-order chi connectivity index (χ1) is 23.6. The second-order valence-electron chi connectivity index (χ2n) is 10.6. The minimum atomic E-state index is -4.15. The van der Waals surface area contributed by atoms with Gasteiger partial charge in [-0.2, -0.15) is 52.2 Å². The zero-order valence-electron chi connectivity index (χ0n) is 27.8. The Morgan fingerprint density at radius 2 is 0.804 bits per heavy atom. The molecule has 0 unspecified atom stereocenters. The van der Waals surface area contributed by atoms with Crippen LogP contribution in [0.15, 0.2) is 131 Å². The molecule has 0 aliphatic rings. The molecule has 0 N–H and O–H groups in total. The maximum atomic E-state index is 13.3. The first-order valence-electron chi connectivity index (χ1n) is 14.7. The van der Waals surface area contributed by atoms with Crippen molar-refractivity contribution in [3.63, 3.8) is 0 Å². The van der Waals surface area contributed by atoms with E-state index in [1.54, 1.807) is 50.2 Å². The molecule has 0 heterocycles. The second-order valence-corrected chi connectivity index (χ2v) is 13.7. The summed E-state index contributed by atoms with van der Waals surface area (Å²) >= 11 is 0. The molecule has 6 rings (SSSR count). The van der Waals surface area contributed by atoms with E-state index in [9.17, 15) is 34.4 Å². The molecule has 0 spiro atoms. The minimum absolute atomic E-state index is 0. The summed E-state index contributed by atoms with van der Waals surface area (Å²) in [5.41, 5.74) is 4.44. The van der Waals surface area contributed by atoms with Crippen molar-refractivity contribution in [2.45, 2.75) is 37.5 Å². The van der Waals surface area contributed by atoms with Gasteiger partial charge in [-0.15, -0.1) is 36.4 Å². The van der Waals surface area contributed by atoms with E-state index < -0.39 is 55.0 Å². The monoisotopic (exact) mass is 772 g/mol. The molecule has 6 aromatic rings. The fraction of sp³-hybridized carbons (Fsp3) is 0.105. The average molecular weight is 773 g/mol. The van der Waals surface area contributed by atoms with Gasteiger partial charge in [-0.3, -0.25) is 0 Å². The van der Waals surface area contributed by atoms with Gasteiger partial charge in [-0.25, -0.2) is 41.8 Å². The van der Waals surface area contributed by atoms with Crippen LogP contribution in [0.2, 0.25) is 0 Å². The van der Waals surface area contributed by atoms with E-state index in [2.05, 4.69) is 46.5 Å². The van der Waals surface area contributed by atoms with E-state index in [0.29, 0.717) is 0 Å². The van der Waals surface area contributed by atoms with Crippen molar-refractivity contribution in [1.29, 1.82) is 0 Å². The molecule has 0 radical (unpaired) electrons. The van der Waals surface area contributed by atoms with Crippen molar-refractivity contribution in [3.05, 3.63) is 179 Å². The van der Waals surface area contributed by atoms with Crippen molar-refractivity contribution in [2.24, 2.45) is 0 Å². The Balaban J connectivity index is 0.000000263. The van der Waals surface area contributed by atoms with Crippen LogP contribution in [0.4, 0.5) is 17.6 Å². The Kier molecular flexibility index (Phi) is 16.6. The zero-order valence-corrected chi connectivity index (χ0v) is 31.0. The summed E-state index contributed by atoms with van der Waals surface area (Å²) in [5, 5.41) is 0. The standard InChI is InChI=1S/2C13H9F2O3S.2C6H7.Ti/c2*1-9-2-5-11(6-3-9)19(16,17)18-13-7-4-10(14)8-12(13)15;2*1-6-4-2-3-5-6;/h2*2-7H,1H3;2*2-5H,1H3;/q4*-1;+4. The van der Waals surface area contributed by atoms with Gasteiger partial charge in [0, 0.05) is 11.6 Å². The van der Waals surface area contributed by atoms with Gasteiger partial charge in [0.2, 0.25) is 0 Å². The van der Waals surface area contributed by atoms with E-state index in [1.807, 2.05) is 24.3 Å². The maximum absolute atomic E-state index is 13.3. The van der Waals surface area contributed by atoms with Gasteiger partial charge < -0.3 is 8.37 Å². The predicted octanol–water partition coefficient (Wildman–Crippen LogP) is 9.11. The summed E-state index contributed by atoms with van der Waals surface area (Å²) in [6.45, 7) is 7.76. The molecule has 0 bridgehead atoms. The quantitative estimate of drug-likeness (QED) is 0.0727. The topological polar surface area (TPSA) is 86.7 Å². The first kappa shape index (κ1) is 42.7. The largest absolute Gasteiger partial charge is 4.00 e. The number of aryl methyl sites for hydroxylation is 4. The van der Waals surface area contributed by atoms with Crippen LogP contribution < -0.4 is 8.37 Å². The van der Waals surface area contributed by atoms with Gasteiger partial charge in [-0.1, -0.05) is 49.2 Å². The molecule has 0 aromatic heterocycles. The molecule has 0 aliphatic carbocycles. The summed E-state index contributed by atoms with van der Waals surface area (Å²) in [4.78, 5) is -0.219. The van der Waals surface area contributed by atoms with E-state index in [0.717, 1.165) is 35.4 Å². The molecule has 0 amide bonds. The first-order valence-corrected chi connectivity index (χ1v) is 17.5. The van der Waals surface area contributed by atoms with Crippen LogP contribution in [-0.2, 0) is 42.0 Å².